The molecule has 112 valence electrons. The van der Waals surface area contributed by atoms with E-state index < -0.39 is 0 Å². The summed E-state index contributed by atoms with van der Waals surface area (Å²) < 4.78 is 6.34. The highest BCUT2D eigenvalue weighted by Crippen LogP contribution is 2.51. The molecule has 1 saturated carbocycles. The van der Waals surface area contributed by atoms with Gasteiger partial charge in [0.25, 0.3) is 0 Å². The number of benzene rings is 1. The number of methoxy groups -OCH3 is 1. The first-order valence-corrected chi connectivity index (χ1v) is 7.84. The molecule has 0 amide bonds. The molecule has 1 aliphatic rings. The Labute approximate surface area is 129 Å². The predicted octanol–water partition coefficient (Wildman–Crippen LogP) is 3.13. The van der Waals surface area contributed by atoms with Crippen molar-refractivity contribution in [2.75, 3.05) is 13.7 Å². The summed E-state index contributed by atoms with van der Waals surface area (Å²) in [4.78, 5) is 0. The van der Waals surface area contributed by atoms with Crippen molar-refractivity contribution in [1.29, 1.82) is 0 Å². The summed E-state index contributed by atoms with van der Waals surface area (Å²) >= 11 is 3.59. The van der Waals surface area contributed by atoms with E-state index in [2.05, 4.69) is 29.8 Å². The maximum absolute atomic E-state index is 10.7. The molecule has 1 fully saturated rings. The fourth-order valence-corrected chi connectivity index (χ4v) is 3.72. The Morgan fingerprint density at radius 1 is 1.40 bits per heavy atom. The van der Waals surface area contributed by atoms with Crippen molar-refractivity contribution < 1.29 is 9.84 Å². The summed E-state index contributed by atoms with van der Waals surface area (Å²) in [6.07, 6.45) is 2.36. The molecule has 1 aromatic rings. The van der Waals surface area contributed by atoms with Crippen LogP contribution in [-0.2, 0) is 6.42 Å². The highest BCUT2D eigenvalue weighted by Gasteiger charge is 2.51. The van der Waals surface area contributed by atoms with E-state index in [-0.39, 0.29) is 16.9 Å². The van der Waals surface area contributed by atoms with Crippen LogP contribution in [-0.4, -0.2) is 24.9 Å². The maximum Gasteiger partial charge on any atom is 0.119 e. The topological polar surface area (TPSA) is 55.5 Å². The summed E-state index contributed by atoms with van der Waals surface area (Å²) in [6, 6.07) is 5.95. The SMILES string of the molecule is COc1ccc(Br)c(CC2(CN)CCC(C)(C)C2O)c1. The molecule has 2 unspecified atom stereocenters. The second-order valence-corrected chi connectivity index (χ2v) is 7.45. The highest BCUT2D eigenvalue weighted by molar-refractivity contribution is 9.10. The maximum atomic E-state index is 10.7. The van der Waals surface area contributed by atoms with E-state index in [4.69, 9.17) is 10.5 Å². The zero-order valence-electron chi connectivity index (χ0n) is 12.4. The van der Waals surface area contributed by atoms with Crippen LogP contribution < -0.4 is 10.5 Å². The van der Waals surface area contributed by atoms with Gasteiger partial charge in [0.05, 0.1) is 13.2 Å². The van der Waals surface area contributed by atoms with Crippen molar-refractivity contribution in [2.45, 2.75) is 39.2 Å². The number of halogens is 1. The molecule has 0 bridgehead atoms. The monoisotopic (exact) mass is 341 g/mol. The van der Waals surface area contributed by atoms with E-state index >= 15 is 0 Å². The third-order valence-electron chi connectivity index (χ3n) is 4.79. The van der Waals surface area contributed by atoms with Gasteiger partial charge in [-0.1, -0.05) is 29.8 Å². The van der Waals surface area contributed by atoms with Gasteiger partial charge in [0, 0.05) is 16.4 Å². The zero-order chi connectivity index (χ0) is 15.0. The van der Waals surface area contributed by atoms with E-state index in [1.54, 1.807) is 7.11 Å². The van der Waals surface area contributed by atoms with Crippen LogP contribution in [0, 0.1) is 10.8 Å². The Kier molecular flexibility index (Phi) is 4.47. The van der Waals surface area contributed by atoms with Crippen LogP contribution in [0.15, 0.2) is 22.7 Å². The third-order valence-corrected chi connectivity index (χ3v) is 5.56. The van der Waals surface area contributed by atoms with Crippen molar-refractivity contribution in [3.8, 4) is 5.75 Å². The first-order valence-electron chi connectivity index (χ1n) is 7.05. The lowest BCUT2D eigenvalue weighted by Gasteiger charge is -2.36. The van der Waals surface area contributed by atoms with Gasteiger partial charge in [-0.05, 0) is 48.4 Å². The molecule has 2 rings (SSSR count). The number of hydrogen-bond donors (Lipinski definition) is 2. The molecule has 1 aromatic carbocycles. The Hall–Kier alpha value is -0.580. The van der Waals surface area contributed by atoms with E-state index in [1.165, 1.54) is 0 Å². The second-order valence-electron chi connectivity index (χ2n) is 6.59. The van der Waals surface area contributed by atoms with E-state index in [0.29, 0.717) is 6.54 Å². The molecular formula is C16H24BrNO2. The second kappa shape index (κ2) is 5.66. The summed E-state index contributed by atoms with van der Waals surface area (Å²) in [5.74, 6) is 0.835. The molecule has 0 heterocycles. The minimum absolute atomic E-state index is 0.0648. The highest BCUT2D eigenvalue weighted by atomic mass is 79.9. The van der Waals surface area contributed by atoms with Gasteiger partial charge in [-0.15, -0.1) is 0 Å². The molecule has 0 aliphatic heterocycles. The van der Waals surface area contributed by atoms with Crippen molar-refractivity contribution in [3.05, 3.63) is 28.2 Å². The Bertz CT molecular complexity index is 489. The number of aliphatic hydroxyl groups excluding tert-OH is 1. The molecule has 3 nitrogen and oxygen atoms in total. The van der Waals surface area contributed by atoms with E-state index in [1.807, 2.05) is 18.2 Å². The fraction of sp³-hybridized carbons (Fsp3) is 0.625. The largest absolute Gasteiger partial charge is 0.497 e. The van der Waals surface area contributed by atoms with Gasteiger partial charge in [0.15, 0.2) is 0 Å². The minimum Gasteiger partial charge on any atom is -0.497 e. The summed E-state index contributed by atoms with van der Waals surface area (Å²) in [5.41, 5.74) is 6.88. The van der Waals surface area contributed by atoms with Gasteiger partial charge in [-0.25, -0.2) is 0 Å². The van der Waals surface area contributed by atoms with Gasteiger partial charge in [0.1, 0.15) is 5.75 Å². The van der Waals surface area contributed by atoms with Crippen LogP contribution in [0.5, 0.6) is 5.75 Å². The van der Waals surface area contributed by atoms with E-state index in [9.17, 15) is 5.11 Å². The van der Waals surface area contributed by atoms with Gasteiger partial charge in [0.2, 0.25) is 0 Å². The average molecular weight is 342 g/mol. The number of rotatable bonds is 4. The summed E-state index contributed by atoms with van der Waals surface area (Å²) in [5, 5.41) is 10.7. The molecule has 0 aromatic heterocycles. The van der Waals surface area contributed by atoms with Crippen LogP contribution in [0.25, 0.3) is 0 Å². The van der Waals surface area contributed by atoms with Gasteiger partial charge >= 0.3 is 0 Å². The Morgan fingerprint density at radius 3 is 2.60 bits per heavy atom. The molecule has 0 spiro atoms. The molecule has 0 saturated heterocycles. The molecule has 20 heavy (non-hydrogen) atoms. The lowest BCUT2D eigenvalue weighted by molar-refractivity contribution is -0.00472. The van der Waals surface area contributed by atoms with Crippen LogP contribution in [0.3, 0.4) is 0 Å². The molecule has 0 radical (unpaired) electrons. The van der Waals surface area contributed by atoms with Crippen molar-refractivity contribution in [2.24, 2.45) is 16.6 Å². The van der Waals surface area contributed by atoms with Crippen molar-refractivity contribution >= 4 is 15.9 Å². The number of aliphatic hydroxyl groups is 1. The number of ether oxygens (including phenoxy) is 1. The van der Waals surface area contributed by atoms with Crippen LogP contribution in [0.2, 0.25) is 0 Å². The smallest absolute Gasteiger partial charge is 0.119 e. The van der Waals surface area contributed by atoms with E-state index in [0.717, 1.165) is 35.0 Å². The quantitative estimate of drug-likeness (QED) is 0.884. The fourth-order valence-electron chi connectivity index (χ4n) is 3.34. The average Bonchev–Trinajstić information content (AvgIpc) is 2.66. The molecule has 4 heteroatoms. The standard InChI is InChI=1S/C16H24BrNO2/c1-15(2)6-7-16(10-18,14(15)19)9-11-8-12(20-3)4-5-13(11)17/h4-5,8,14,19H,6-7,9-10,18H2,1-3H3. The molecule has 1 aliphatic carbocycles. The first-order chi connectivity index (χ1) is 9.34. The number of nitrogens with two attached hydrogens (primary N) is 1. The molecular weight excluding hydrogens is 318 g/mol. The molecule has 3 N–H and O–H groups in total. The minimum atomic E-state index is -0.377. The first kappa shape index (κ1) is 15.8. The zero-order valence-corrected chi connectivity index (χ0v) is 14.0. The summed E-state index contributed by atoms with van der Waals surface area (Å²) in [6.45, 7) is 4.74. The van der Waals surface area contributed by atoms with Crippen LogP contribution in [0.1, 0.15) is 32.3 Å². The lowest BCUT2D eigenvalue weighted by Crippen LogP contribution is -2.44. The molecule has 2 atom stereocenters. The van der Waals surface area contributed by atoms with Crippen LogP contribution in [0.4, 0.5) is 0 Å². The van der Waals surface area contributed by atoms with Gasteiger partial charge in [-0.2, -0.15) is 0 Å². The van der Waals surface area contributed by atoms with Gasteiger partial charge in [-0.3, -0.25) is 0 Å². The normalized spacial score (nSPS) is 28.6. The van der Waals surface area contributed by atoms with Crippen molar-refractivity contribution in [1.82, 2.24) is 0 Å². The predicted molar refractivity (Wildman–Crippen MR) is 84.9 cm³/mol. The van der Waals surface area contributed by atoms with Gasteiger partial charge < -0.3 is 15.6 Å². The third kappa shape index (κ3) is 2.74. The Balaban J connectivity index is 2.32. The lowest BCUT2D eigenvalue weighted by atomic mass is 9.74. The number of hydrogen-bond acceptors (Lipinski definition) is 3. The van der Waals surface area contributed by atoms with Crippen molar-refractivity contribution in [3.63, 3.8) is 0 Å². The Morgan fingerprint density at radius 2 is 2.10 bits per heavy atom. The summed E-state index contributed by atoms with van der Waals surface area (Å²) in [7, 11) is 1.67. The van der Waals surface area contributed by atoms with Crippen LogP contribution >= 0.6 is 15.9 Å².